The SMILES string of the molecule is Cc1cc(NC(N)=NC2CC2)ccc1Br. The summed E-state index contributed by atoms with van der Waals surface area (Å²) in [6.45, 7) is 2.05. The van der Waals surface area contributed by atoms with Crippen molar-refractivity contribution in [2.24, 2.45) is 10.7 Å². The van der Waals surface area contributed by atoms with E-state index in [9.17, 15) is 0 Å². The van der Waals surface area contributed by atoms with E-state index < -0.39 is 0 Å². The highest BCUT2D eigenvalue weighted by atomic mass is 79.9. The van der Waals surface area contributed by atoms with E-state index in [2.05, 4.69) is 26.2 Å². The number of aliphatic imine (C=N–C) groups is 1. The maximum Gasteiger partial charge on any atom is 0.193 e. The van der Waals surface area contributed by atoms with Gasteiger partial charge in [-0.3, -0.25) is 0 Å². The summed E-state index contributed by atoms with van der Waals surface area (Å²) in [5, 5.41) is 3.09. The Balaban J connectivity index is 2.06. The van der Waals surface area contributed by atoms with Crippen LogP contribution >= 0.6 is 15.9 Å². The van der Waals surface area contributed by atoms with Crippen LogP contribution in [-0.2, 0) is 0 Å². The minimum atomic E-state index is 0.453. The molecule has 0 saturated heterocycles. The first-order valence-corrected chi connectivity index (χ1v) is 5.81. The predicted octanol–water partition coefficient (Wildman–Crippen LogP) is 2.65. The van der Waals surface area contributed by atoms with E-state index in [1.807, 2.05) is 25.1 Å². The number of hydrogen-bond donors (Lipinski definition) is 2. The summed E-state index contributed by atoms with van der Waals surface area (Å²) >= 11 is 3.46. The van der Waals surface area contributed by atoms with E-state index in [1.165, 1.54) is 18.4 Å². The number of nitrogens with one attached hydrogen (secondary N) is 1. The van der Waals surface area contributed by atoms with E-state index in [4.69, 9.17) is 5.73 Å². The highest BCUT2D eigenvalue weighted by Gasteiger charge is 2.20. The monoisotopic (exact) mass is 267 g/mol. The minimum Gasteiger partial charge on any atom is -0.370 e. The van der Waals surface area contributed by atoms with Gasteiger partial charge in [0.15, 0.2) is 5.96 Å². The van der Waals surface area contributed by atoms with Gasteiger partial charge in [0.25, 0.3) is 0 Å². The second-order valence-corrected chi connectivity index (χ2v) is 4.69. The minimum absolute atomic E-state index is 0.453. The number of nitrogens with two attached hydrogens (primary N) is 1. The second kappa shape index (κ2) is 4.23. The van der Waals surface area contributed by atoms with Crippen molar-refractivity contribution in [3.8, 4) is 0 Å². The fourth-order valence-electron chi connectivity index (χ4n) is 1.30. The van der Waals surface area contributed by atoms with Crippen molar-refractivity contribution in [2.75, 3.05) is 5.32 Å². The molecule has 4 heteroatoms. The van der Waals surface area contributed by atoms with Gasteiger partial charge < -0.3 is 11.1 Å². The topological polar surface area (TPSA) is 50.4 Å². The van der Waals surface area contributed by atoms with Crippen molar-refractivity contribution in [1.82, 2.24) is 0 Å². The highest BCUT2D eigenvalue weighted by molar-refractivity contribution is 9.10. The molecule has 0 unspecified atom stereocenters. The van der Waals surface area contributed by atoms with Gasteiger partial charge in [-0.2, -0.15) is 0 Å². The summed E-state index contributed by atoms with van der Waals surface area (Å²) in [5.74, 6) is 0.513. The fraction of sp³-hybridized carbons (Fsp3) is 0.364. The Hall–Kier alpha value is -1.03. The van der Waals surface area contributed by atoms with Crippen molar-refractivity contribution >= 4 is 27.6 Å². The summed E-state index contributed by atoms with van der Waals surface area (Å²) in [7, 11) is 0. The van der Waals surface area contributed by atoms with E-state index >= 15 is 0 Å². The van der Waals surface area contributed by atoms with Gasteiger partial charge in [0, 0.05) is 10.2 Å². The van der Waals surface area contributed by atoms with Gasteiger partial charge >= 0.3 is 0 Å². The van der Waals surface area contributed by atoms with Crippen LogP contribution in [0.25, 0.3) is 0 Å². The standard InChI is InChI=1S/C11H14BrN3/c1-7-6-9(4-5-10(7)12)15-11(13)14-8-2-3-8/h4-6,8H,2-3H2,1H3,(H3,13,14,15). The molecule has 80 valence electrons. The first-order valence-electron chi connectivity index (χ1n) is 5.01. The zero-order chi connectivity index (χ0) is 10.8. The van der Waals surface area contributed by atoms with Gasteiger partial charge in [-0.15, -0.1) is 0 Å². The third-order valence-corrected chi connectivity index (χ3v) is 3.19. The van der Waals surface area contributed by atoms with Crippen LogP contribution in [0.3, 0.4) is 0 Å². The molecular formula is C11H14BrN3. The fourth-order valence-corrected chi connectivity index (χ4v) is 1.55. The van der Waals surface area contributed by atoms with Crippen molar-refractivity contribution in [2.45, 2.75) is 25.8 Å². The number of benzene rings is 1. The first kappa shape index (κ1) is 10.5. The van der Waals surface area contributed by atoms with Crippen LogP contribution in [0.15, 0.2) is 27.7 Å². The van der Waals surface area contributed by atoms with Gasteiger partial charge in [-0.25, -0.2) is 4.99 Å². The summed E-state index contributed by atoms with van der Waals surface area (Å²) in [5.41, 5.74) is 7.93. The van der Waals surface area contributed by atoms with Crippen LogP contribution in [-0.4, -0.2) is 12.0 Å². The third-order valence-electron chi connectivity index (χ3n) is 2.30. The van der Waals surface area contributed by atoms with Crippen LogP contribution in [0.5, 0.6) is 0 Å². The molecule has 3 N–H and O–H groups in total. The quantitative estimate of drug-likeness (QED) is 0.640. The lowest BCUT2D eigenvalue weighted by molar-refractivity contribution is 1.06. The van der Waals surface area contributed by atoms with E-state index in [0.29, 0.717) is 12.0 Å². The molecule has 0 radical (unpaired) electrons. The van der Waals surface area contributed by atoms with E-state index in [1.54, 1.807) is 0 Å². The molecule has 3 nitrogen and oxygen atoms in total. The lowest BCUT2D eigenvalue weighted by Gasteiger charge is -2.07. The summed E-state index contributed by atoms with van der Waals surface area (Å²) < 4.78 is 1.10. The van der Waals surface area contributed by atoms with E-state index in [0.717, 1.165) is 10.2 Å². The number of aryl methyl sites for hydroxylation is 1. The number of hydrogen-bond acceptors (Lipinski definition) is 1. The van der Waals surface area contributed by atoms with Crippen LogP contribution in [0.4, 0.5) is 5.69 Å². The highest BCUT2D eigenvalue weighted by Crippen LogP contribution is 2.24. The van der Waals surface area contributed by atoms with Crippen LogP contribution in [0.1, 0.15) is 18.4 Å². The largest absolute Gasteiger partial charge is 0.370 e. The van der Waals surface area contributed by atoms with Crippen molar-refractivity contribution < 1.29 is 0 Å². The zero-order valence-corrected chi connectivity index (χ0v) is 10.2. The molecule has 1 aliphatic rings. The molecule has 0 bridgehead atoms. The molecule has 0 aromatic heterocycles. The third kappa shape index (κ3) is 2.96. The Bertz CT molecular complexity index is 397. The Kier molecular flexibility index (Phi) is 2.95. The molecule has 0 aliphatic heterocycles. The maximum atomic E-state index is 5.76. The van der Waals surface area contributed by atoms with Gasteiger partial charge in [0.05, 0.1) is 6.04 Å². The molecular weight excluding hydrogens is 254 g/mol. The molecule has 1 aliphatic carbocycles. The Morgan fingerprint density at radius 1 is 1.53 bits per heavy atom. The number of halogens is 1. The van der Waals surface area contributed by atoms with Gasteiger partial charge in [-0.05, 0) is 43.5 Å². The summed E-state index contributed by atoms with van der Waals surface area (Å²) in [6.07, 6.45) is 2.34. The maximum absolute atomic E-state index is 5.76. The molecule has 0 spiro atoms. The average Bonchev–Trinajstić information content (AvgIpc) is 2.95. The van der Waals surface area contributed by atoms with Gasteiger partial charge in [-0.1, -0.05) is 15.9 Å². The molecule has 1 saturated carbocycles. The second-order valence-electron chi connectivity index (χ2n) is 3.83. The smallest absolute Gasteiger partial charge is 0.193 e. The number of rotatable bonds is 2. The molecule has 1 aromatic rings. The van der Waals surface area contributed by atoms with Crippen LogP contribution < -0.4 is 11.1 Å². The molecule has 0 heterocycles. The molecule has 2 rings (SSSR count). The van der Waals surface area contributed by atoms with Crippen LogP contribution in [0, 0.1) is 6.92 Å². The number of guanidine groups is 1. The van der Waals surface area contributed by atoms with Crippen molar-refractivity contribution in [3.63, 3.8) is 0 Å². The van der Waals surface area contributed by atoms with Crippen molar-refractivity contribution in [3.05, 3.63) is 28.2 Å². The number of anilines is 1. The Morgan fingerprint density at radius 2 is 2.27 bits per heavy atom. The Morgan fingerprint density at radius 3 is 2.87 bits per heavy atom. The van der Waals surface area contributed by atoms with E-state index in [-0.39, 0.29) is 0 Å². The van der Waals surface area contributed by atoms with Gasteiger partial charge in [0.2, 0.25) is 0 Å². The molecule has 1 fully saturated rings. The normalized spacial score (nSPS) is 16.5. The number of nitrogens with zero attached hydrogens (tertiary/aromatic N) is 1. The summed E-state index contributed by atoms with van der Waals surface area (Å²) in [4.78, 5) is 4.31. The summed E-state index contributed by atoms with van der Waals surface area (Å²) in [6, 6.07) is 6.47. The zero-order valence-electron chi connectivity index (χ0n) is 8.63. The molecule has 1 aromatic carbocycles. The molecule has 0 amide bonds. The molecule has 15 heavy (non-hydrogen) atoms. The van der Waals surface area contributed by atoms with Gasteiger partial charge in [0.1, 0.15) is 0 Å². The first-order chi connectivity index (χ1) is 7.15. The Labute approximate surface area is 97.9 Å². The molecule has 0 atom stereocenters. The predicted molar refractivity (Wildman–Crippen MR) is 67.1 cm³/mol. The lowest BCUT2D eigenvalue weighted by atomic mass is 10.2. The lowest BCUT2D eigenvalue weighted by Crippen LogP contribution is -2.23. The average molecular weight is 268 g/mol. The van der Waals surface area contributed by atoms with Crippen molar-refractivity contribution in [1.29, 1.82) is 0 Å². The van der Waals surface area contributed by atoms with Crippen LogP contribution in [0.2, 0.25) is 0 Å².